The first-order valence-corrected chi connectivity index (χ1v) is 7.96. The minimum atomic E-state index is 0.616. The first-order valence-electron chi connectivity index (χ1n) is 7.58. The van der Waals surface area contributed by atoms with Crippen LogP contribution in [0.2, 0.25) is 5.02 Å². The summed E-state index contributed by atoms with van der Waals surface area (Å²) < 4.78 is 0. The predicted molar refractivity (Wildman–Crippen MR) is 81.8 cm³/mol. The van der Waals surface area contributed by atoms with Crippen LogP contribution >= 0.6 is 11.6 Å². The minimum Gasteiger partial charge on any atom is -0.382 e. The number of nitrogens with one attached hydrogen (secondary N) is 2. The third kappa shape index (κ3) is 3.24. The Morgan fingerprint density at radius 2 is 1.79 bits per heavy atom. The molecule has 19 heavy (non-hydrogen) atoms. The SMILES string of the molecule is Clc1ccc(NC2CCCCC2C2CCCN2)cc1. The highest BCUT2D eigenvalue weighted by Crippen LogP contribution is 2.32. The second kappa shape index (κ2) is 6.15. The average molecular weight is 279 g/mol. The molecule has 2 fully saturated rings. The van der Waals surface area contributed by atoms with Crippen molar-refractivity contribution in [3.8, 4) is 0 Å². The van der Waals surface area contributed by atoms with E-state index in [9.17, 15) is 0 Å². The molecule has 1 saturated heterocycles. The van der Waals surface area contributed by atoms with Gasteiger partial charge >= 0.3 is 0 Å². The summed E-state index contributed by atoms with van der Waals surface area (Å²) in [6.07, 6.45) is 8.10. The molecule has 0 aromatic heterocycles. The lowest BCUT2D eigenvalue weighted by Crippen LogP contribution is -2.43. The van der Waals surface area contributed by atoms with Gasteiger partial charge in [0.25, 0.3) is 0 Å². The topological polar surface area (TPSA) is 24.1 Å². The lowest BCUT2D eigenvalue weighted by atomic mass is 9.79. The van der Waals surface area contributed by atoms with E-state index in [1.165, 1.54) is 50.8 Å². The Bertz CT molecular complexity index is 398. The van der Waals surface area contributed by atoms with Gasteiger partial charge in [0, 0.05) is 22.8 Å². The largest absolute Gasteiger partial charge is 0.382 e. The van der Waals surface area contributed by atoms with Gasteiger partial charge in [-0.2, -0.15) is 0 Å². The number of hydrogen-bond donors (Lipinski definition) is 2. The van der Waals surface area contributed by atoms with Gasteiger partial charge in [-0.25, -0.2) is 0 Å². The highest BCUT2D eigenvalue weighted by molar-refractivity contribution is 6.30. The Hall–Kier alpha value is -0.730. The summed E-state index contributed by atoms with van der Waals surface area (Å²) in [7, 11) is 0. The van der Waals surface area contributed by atoms with E-state index in [0.717, 1.165) is 17.0 Å². The zero-order valence-electron chi connectivity index (χ0n) is 11.4. The zero-order chi connectivity index (χ0) is 13.1. The zero-order valence-corrected chi connectivity index (χ0v) is 12.1. The second-order valence-electron chi connectivity index (χ2n) is 5.91. The van der Waals surface area contributed by atoms with Crippen LogP contribution < -0.4 is 10.6 Å². The third-order valence-corrected chi connectivity index (χ3v) is 4.88. The summed E-state index contributed by atoms with van der Waals surface area (Å²) in [5, 5.41) is 8.23. The maximum Gasteiger partial charge on any atom is 0.0407 e. The van der Waals surface area contributed by atoms with Crippen LogP contribution in [-0.2, 0) is 0 Å². The number of rotatable bonds is 3. The van der Waals surface area contributed by atoms with Crippen LogP contribution in [-0.4, -0.2) is 18.6 Å². The van der Waals surface area contributed by atoms with Crippen LogP contribution in [0, 0.1) is 5.92 Å². The summed E-state index contributed by atoms with van der Waals surface area (Å²) in [6, 6.07) is 9.47. The van der Waals surface area contributed by atoms with Crippen LogP contribution in [0.4, 0.5) is 5.69 Å². The molecular weight excluding hydrogens is 256 g/mol. The smallest absolute Gasteiger partial charge is 0.0407 e. The van der Waals surface area contributed by atoms with Gasteiger partial charge in [-0.05, 0) is 62.4 Å². The molecule has 1 aromatic carbocycles. The van der Waals surface area contributed by atoms with Gasteiger partial charge in [-0.3, -0.25) is 0 Å². The molecule has 104 valence electrons. The molecule has 1 heterocycles. The van der Waals surface area contributed by atoms with Gasteiger partial charge in [-0.1, -0.05) is 24.4 Å². The number of halogens is 1. The molecule has 3 rings (SSSR count). The minimum absolute atomic E-state index is 0.616. The fourth-order valence-electron chi connectivity index (χ4n) is 3.66. The molecule has 1 saturated carbocycles. The molecule has 1 aliphatic heterocycles. The molecule has 2 N–H and O–H groups in total. The molecule has 0 amide bonds. The maximum absolute atomic E-state index is 5.95. The van der Waals surface area contributed by atoms with Gasteiger partial charge in [0.15, 0.2) is 0 Å². The first kappa shape index (κ1) is 13.3. The van der Waals surface area contributed by atoms with E-state index >= 15 is 0 Å². The monoisotopic (exact) mass is 278 g/mol. The summed E-state index contributed by atoms with van der Waals surface area (Å²) in [5.74, 6) is 0.784. The van der Waals surface area contributed by atoms with Crippen molar-refractivity contribution in [1.82, 2.24) is 5.32 Å². The highest BCUT2D eigenvalue weighted by Gasteiger charge is 2.33. The Labute approximate surface area is 120 Å². The van der Waals surface area contributed by atoms with Gasteiger partial charge in [0.05, 0.1) is 0 Å². The van der Waals surface area contributed by atoms with Crippen molar-refractivity contribution >= 4 is 17.3 Å². The van der Waals surface area contributed by atoms with E-state index in [0.29, 0.717) is 6.04 Å². The van der Waals surface area contributed by atoms with Crippen molar-refractivity contribution < 1.29 is 0 Å². The van der Waals surface area contributed by atoms with Crippen LogP contribution in [0.3, 0.4) is 0 Å². The van der Waals surface area contributed by atoms with Gasteiger partial charge in [0.1, 0.15) is 0 Å². The Morgan fingerprint density at radius 3 is 2.53 bits per heavy atom. The lowest BCUT2D eigenvalue weighted by Gasteiger charge is -2.36. The molecule has 0 spiro atoms. The first-order chi connectivity index (χ1) is 9.33. The molecule has 0 bridgehead atoms. The van der Waals surface area contributed by atoms with E-state index in [2.05, 4.69) is 22.8 Å². The van der Waals surface area contributed by atoms with Gasteiger partial charge < -0.3 is 10.6 Å². The summed E-state index contributed by atoms with van der Waals surface area (Å²) in [4.78, 5) is 0. The lowest BCUT2D eigenvalue weighted by molar-refractivity contribution is 0.263. The Morgan fingerprint density at radius 1 is 1.00 bits per heavy atom. The van der Waals surface area contributed by atoms with Crippen LogP contribution in [0.25, 0.3) is 0 Å². The van der Waals surface area contributed by atoms with Crippen molar-refractivity contribution in [2.45, 2.75) is 50.6 Å². The van der Waals surface area contributed by atoms with Crippen LogP contribution in [0.1, 0.15) is 38.5 Å². The number of benzene rings is 1. The van der Waals surface area contributed by atoms with E-state index < -0.39 is 0 Å². The van der Waals surface area contributed by atoms with Crippen LogP contribution in [0.5, 0.6) is 0 Å². The summed E-state index contributed by atoms with van der Waals surface area (Å²) in [6.45, 7) is 1.20. The second-order valence-corrected chi connectivity index (χ2v) is 6.35. The fraction of sp³-hybridized carbons (Fsp3) is 0.625. The number of anilines is 1. The molecule has 2 nitrogen and oxygen atoms in total. The highest BCUT2D eigenvalue weighted by atomic mass is 35.5. The van der Waals surface area contributed by atoms with Crippen LogP contribution in [0.15, 0.2) is 24.3 Å². The molecule has 0 radical (unpaired) electrons. The van der Waals surface area contributed by atoms with E-state index in [-0.39, 0.29) is 0 Å². The maximum atomic E-state index is 5.95. The Balaban J connectivity index is 1.67. The fourth-order valence-corrected chi connectivity index (χ4v) is 3.78. The predicted octanol–water partition coefficient (Wildman–Crippen LogP) is 4.06. The van der Waals surface area contributed by atoms with Gasteiger partial charge in [0.2, 0.25) is 0 Å². The van der Waals surface area contributed by atoms with Crippen molar-refractivity contribution in [3.05, 3.63) is 29.3 Å². The van der Waals surface area contributed by atoms with E-state index in [1.54, 1.807) is 0 Å². The molecule has 3 heteroatoms. The molecule has 1 aromatic rings. The van der Waals surface area contributed by atoms with Crippen molar-refractivity contribution in [2.24, 2.45) is 5.92 Å². The van der Waals surface area contributed by atoms with Crippen molar-refractivity contribution in [2.75, 3.05) is 11.9 Å². The Kier molecular flexibility index (Phi) is 4.29. The summed E-state index contributed by atoms with van der Waals surface area (Å²) in [5.41, 5.74) is 1.21. The molecule has 3 unspecified atom stereocenters. The normalized spacial score (nSPS) is 31.3. The molecule has 2 aliphatic rings. The van der Waals surface area contributed by atoms with E-state index in [1.807, 2.05) is 12.1 Å². The summed E-state index contributed by atoms with van der Waals surface area (Å²) >= 11 is 5.95. The molecule has 3 atom stereocenters. The molecular formula is C16H23ClN2. The standard InChI is InChI=1S/C16H23ClN2/c17-12-7-9-13(10-8-12)19-16-5-2-1-4-14(16)15-6-3-11-18-15/h7-10,14-16,18-19H,1-6,11H2. The van der Waals surface area contributed by atoms with Crippen molar-refractivity contribution in [3.63, 3.8) is 0 Å². The number of hydrogen-bond acceptors (Lipinski definition) is 2. The quantitative estimate of drug-likeness (QED) is 0.871. The van der Waals surface area contributed by atoms with Gasteiger partial charge in [-0.15, -0.1) is 0 Å². The average Bonchev–Trinajstić information content (AvgIpc) is 2.96. The molecule has 1 aliphatic carbocycles. The third-order valence-electron chi connectivity index (χ3n) is 4.63. The van der Waals surface area contributed by atoms with Crippen molar-refractivity contribution in [1.29, 1.82) is 0 Å². The van der Waals surface area contributed by atoms with E-state index in [4.69, 9.17) is 11.6 Å².